The number of aryl methyl sites for hydroxylation is 1. The van der Waals surface area contributed by atoms with Crippen LogP contribution in [0.2, 0.25) is 30.7 Å². The van der Waals surface area contributed by atoms with Crippen molar-refractivity contribution in [1.29, 1.82) is 0 Å². The van der Waals surface area contributed by atoms with Crippen molar-refractivity contribution < 1.29 is 19.1 Å². The van der Waals surface area contributed by atoms with Crippen LogP contribution >= 0.6 is 11.6 Å². The van der Waals surface area contributed by atoms with Crippen LogP contribution in [0.5, 0.6) is 0 Å². The molecule has 1 unspecified atom stereocenters. The van der Waals surface area contributed by atoms with Crippen LogP contribution in [0.4, 0.5) is 4.79 Å². The first kappa shape index (κ1) is 31.9. The van der Waals surface area contributed by atoms with E-state index in [1.807, 2.05) is 57.5 Å². The van der Waals surface area contributed by atoms with Crippen molar-refractivity contribution >= 4 is 53.7 Å². The zero-order valence-electron chi connectivity index (χ0n) is 26.8. The first-order valence-corrected chi connectivity index (χ1v) is 19.0. The lowest BCUT2D eigenvalue weighted by Crippen LogP contribution is -2.58. The van der Waals surface area contributed by atoms with E-state index in [9.17, 15) is 9.59 Å². The van der Waals surface area contributed by atoms with E-state index in [1.165, 1.54) is 0 Å². The lowest BCUT2D eigenvalue weighted by molar-refractivity contribution is -0.00532. The zero-order valence-corrected chi connectivity index (χ0v) is 28.5. The SMILES string of the molecule is CC(NC(=O)c1cn(COCC[Si](C)(C)C)c2ncc(-c3nn(C)c4cc(Cl)ccc34)nc12)C1CN(C(=O)OC(C)(C)C)C1. The number of ether oxygens (including phenoxy) is 2. The second kappa shape index (κ2) is 12.1. The van der Waals surface area contributed by atoms with Crippen molar-refractivity contribution in [3.8, 4) is 11.4 Å². The normalized spacial score (nSPS) is 15.1. The van der Waals surface area contributed by atoms with Crippen LogP contribution in [0, 0.1) is 5.92 Å². The van der Waals surface area contributed by atoms with Gasteiger partial charge in [0.2, 0.25) is 0 Å². The predicted octanol–water partition coefficient (Wildman–Crippen LogP) is 5.94. The van der Waals surface area contributed by atoms with Crippen molar-refractivity contribution in [3.05, 3.63) is 41.2 Å². The van der Waals surface area contributed by atoms with Gasteiger partial charge in [-0.3, -0.25) is 9.48 Å². The number of amides is 2. The summed E-state index contributed by atoms with van der Waals surface area (Å²) in [4.78, 5) is 37.4. The summed E-state index contributed by atoms with van der Waals surface area (Å²) in [5.74, 6) is -0.152. The molecule has 2 amide bonds. The summed E-state index contributed by atoms with van der Waals surface area (Å²) in [5, 5.41) is 9.33. The topological polar surface area (TPSA) is 116 Å². The quantitative estimate of drug-likeness (QED) is 0.178. The second-order valence-electron chi connectivity index (χ2n) is 13.8. The van der Waals surface area contributed by atoms with E-state index in [4.69, 9.17) is 36.1 Å². The molecule has 0 spiro atoms. The van der Waals surface area contributed by atoms with Gasteiger partial charge < -0.3 is 24.3 Å². The third-order valence-electron chi connectivity index (χ3n) is 7.72. The first-order valence-electron chi connectivity index (χ1n) is 14.9. The maximum Gasteiger partial charge on any atom is 0.410 e. The fourth-order valence-corrected chi connectivity index (χ4v) is 6.02. The maximum absolute atomic E-state index is 13.7. The molecule has 1 aliphatic rings. The van der Waals surface area contributed by atoms with Gasteiger partial charge in [-0.2, -0.15) is 5.10 Å². The highest BCUT2D eigenvalue weighted by molar-refractivity contribution is 6.76. The van der Waals surface area contributed by atoms with Crippen molar-refractivity contribution in [2.24, 2.45) is 13.0 Å². The number of rotatable bonds is 9. The number of nitrogens with zero attached hydrogens (tertiary/aromatic N) is 6. The van der Waals surface area contributed by atoms with E-state index in [0.717, 1.165) is 16.9 Å². The van der Waals surface area contributed by atoms with Gasteiger partial charge in [0.1, 0.15) is 29.2 Å². The molecule has 1 aromatic carbocycles. The van der Waals surface area contributed by atoms with Gasteiger partial charge in [-0.05, 0) is 51.9 Å². The minimum absolute atomic E-state index is 0.109. The predicted molar refractivity (Wildman–Crippen MR) is 175 cm³/mol. The van der Waals surface area contributed by atoms with Crippen LogP contribution in [-0.4, -0.2) is 80.6 Å². The minimum atomic E-state index is -1.26. The lowest BCUT2D eigenvalue weighted by Gasteiger charge is -2.42. The average molecular weight is 640 g/mol. The van der Waals surface area contributed by atoms with Crippen molar-refractivity contribution in [2.75, 3.05) is 19.7 Å². The van der Waals surface area contributed by atoms with Crippen LogP contribution < -0.4 is 5.32 Å². The fourth-order valence-electron chi connectivity index (χ4n) is 5.10. The van der Waals surface area contributed by atoms with Gasteiger partial charge in [0.05, 0.1) is 17.3 Å². The molecule has 0 bridgehead atoms. The van der Waals surface area contributed by atoms with Crippen LogP contribution in [-0.2, 0) is 23.3 Å². The molecule has 4 aromatic rings. The van der Waals surface area contributed by atoms with Gasteiger partial charge in [0, 0.05) is 63.4 Å². The van der Waals surface area contributed by atoms with Crippen molar-refractivity contribution in [3.63, 3.8) is 0 Å². The van der Waals surface area contributed by atoms with Gasteiger partial charge in [0.15, 0.2) is 5.65 Å². The minimum Gasteiger partial charge on any atom is -0.444 e. The molecule has 44 heavy (non-hydrogen) atoms. The summed E-state index contributed by atoms with van der Waals surface area (Å²) >= 11 is 6.23. The fraction of sp³-hybridized carbons (Fsp3) is 0.516. The number of carbonyl (C=O) groups is 2. The van der Waals surface area contributed by atoms with Gasteiger partial charge in [-0.25, -0.2) is 14.8 Å². The largest absolute Gasteiger partial charge is 0.444 e. The molecule has 1 N–H and O–H groups in total. The Hall–Kier alpha value is -3.48. The average Bonchev–Trinajstić information content (AvgIpc) is 3.41. The lowest BCUT2D eigenvalue weighted by atomic mass is 9.93. The summed E-state index contributed by atoms with van der Waals surface area (Å²) in [6.07, 6.45) is 3.10. The molecule has 1 saturated heterocycles. The first-order chi connectivity index (χ1) is 20.6. The Morgan fingerprint density at radius 2 is 1.93 bits per heavy atom. The molecule has 13 heteroatoms. The molecule has 1 aliphatic heterocycles. The van der Waals surface area contributed by atoms with E-state index >= 15 is 0 Å². The Labute approximate surface area is 263 Å². The van der Waals surface area contributed by atoms with Crippen molar-refractivity contribution in [2.45, 2.75) is 71.8 Å². The summed E-state index contributed by atoms with van der Waals surface area (Å²) in [7, 11) is 0.596. The number of benzene rings is 1. The molecule has 1 atom stereocenters. The number of fused-ring (bicyclic) bond motifs is 2. The third-order valence-corrected chi connectivity index (χ3v) is 9.66. The molecule has 5 rings (SSSR count). The second-order valence-corrected chi connectivity index (χ2v) is 19.9. The van der Waals surface area contributed by atoms with Gasteiger partial charge in [-0.15, -0.1) is 0 Å². The molecular formula is C31H42ClN7O4Si. The highest BCUT2D eigenvalue weighted by atomic mass is 35.5. The smallest absolute Gasteiger partial charge is 0.410 e. The summed E-state index contributed by atoms with van der Waals surface area (Å²) in [5.41, 5.74) is 2.96. The van der Waals surface area contributed by atoms with Gasteiger partial charge in [-0.1, -0.05) is 31.2 Å². The Bertz CT molecular complexity index is 1700. The number of hydrogen-bond donors (Lipinski definition) is 1. The molecule has 3 aromatic heterocycles. The molecule has 0 aliphatic carbocycles. The molecule has 11 nitrogen and oxygen atoms in total. The highest BCUT2D eigenvalue weighted by Crippen LogP contribution is 2.30. The Morgan fingerprint density at radius 3 is 2.61 bits per heavy atom. The molecule has 4 heterocycles. The van der Waals surface area contributed by atoms with E-state index in [2.05, 4.69) is 25.0 Å². The molecule has 0 saturated carbocycles. The third kappa shape index (κ3) is 7.08. The Balaban J connectivity index is 1.40. The van der Waals surface area contributed by atoms with E-state index < -0.39 is 13.7 Å². The molecular weight excluding hydrogens is 598 g/mol. The maximum atomic E-state index is 13.7. The van der Waals surface area contributed by atoms with Crippen LogP contribution in [0.3, 0.4) is 0 Å². The van der Waals surface area contributed by atoms with Gasteiger partial charge >= 0.3 is 6.09 Å². The zero-order chi connectivity index (χ0) is 32.0. The summed E-state index contributed by atoms with van der Waals surface area (Å²) < 4.78 is 15.1. The number of nitrogens with one attached hydrogen (secondary N) is 1. The van der Waals surface area contributed by atoms with E-state index in [-0.39, 0.29) is 30.7 Å². The molecule has 0 radical (unpaired) electrons. The number of halogens is 1. The highest BCUT2D eigenvalue weighted by Gasteiger charge is 2.37. The number of aromatic nitrogens is 5. The van der Waals surface area contributed by atoms with E-state index in [0.29, 0.717) is 52.8 Å². The number of likely N-dealkylation sites (tertiary alicyclic amines) is 1. The van der Waals surface area contributed by atoms with Crippen LogP contribution in [0.25, 0.3) is 33.5 Å². The summed E-state index contributed by atoms with van der Waals surface area (Å²) in [6, 6.07) is 6.45. The Kier molecular flexibility index (Phi) is 8.80. The van der Waals surface area contributed by atoms with Crippen LogP contribution in [0.1, 0.15) is 38.1 Å². The molecule has 236 valence electrons. The standard InChI is InChI=1S/C31H42ClN7O4Si/c1-19(20-15-38(16-20)30(41)43-31(2,3)4)34-29(40)23-17-39(18-42-11-12-44(6,7)8)28-27(23)35-24(14-33-28)26-22-10-9-21(32)13-25(22)37(5)36-26/h9-10,13-14,17,19-20H,11-12,15-16,18H2,1-8H3,(H,34,40). The van der Waals surface area contributed by atoms with Gasteiger partial charge in [0.25, 0.3) is 5.91 Å². The Morgan fingerprint density at radius 1 is 1.20 bits per heavy atom. The summed E-state index contributed by atoms with van der Waals surface area (Å²) in [6.45, 7) is 16.3. The molecule has 1 fully saturated rings. The van der Waals surface area contributed by atoms with Crippen LogP contribution in [0.15, 0.2) is 30.6 Å². The number of carbonyl (C=O) groups excluding carboxylic acids is 2. The number of hydrogen-bond acceptors (Lipinski definition) is 7. The van der Waals surface area contributed by atoms with Crippen molar-refractivity contribution in [1.82, 2.24) is 34.5 Å². The monoisotopic (exact) mass is 639 g/mol. The van der Waals surface area contributed by atoms with E-state index in [1.54, 1.807) is 22.0 Å².